The first-order valence-corrected chi connectivity index (χ1v) is 20.7. The predicted molar refractivity (Wildman–Crippen MR) is 217 cm³/mol. The second-order valence-electron chi connectivity index (χ2n) is 18.8. The monoisotopic (exact) mass is 719 g/mol. The average molecular weight is 720 g/mol. The Hall–Kier alpha value is -5.13. The minimum absolute atomic E-state index is 0.205. The van der Waals surface area contributed by atoms with Gasteiger partial charge in [-0.2, -0.15) is 10.5 Å². The van der Waals surface area contributed by atoms with Crippen LogP contribution in [0.5, 0.6) is 0 Å². The van der Waals surface area contributed by atoms with Crippen molar-refractivity contribution in [2.45, 2.75) is 89.4 Å². The van der Waals surface area contributed by atoms with Crippen molar-refractivity contribution in [2.75, 3.05) is 0 Å². The molecule has 4 aromatic carbocycles. The van der Waals surface area contributed by atoms with Crippen molar-refractivity contribution in [3.05, 3.63) is 113 Å². The molecule has 10 rings (SSSR count). The van der Waals surface area contributed by atoms with Crippen molar-refractivity contribution >= 4 is 0 Å². The Morgan fingerprint density at radius 3 is 1.60 bits per heavy atom. The Bertz CT molecular complexity index is 2270. The number of fused-ring (bicyclic) bond motifs is 2. The fourth-order valence-electron chi connectivity index (χ4n) is 12.7. The molecular weight excluding hydrogens is 671 g/mol. The van der Waals surface area contributed by atoms with Gasteiger partial charge >= 0.3 is 0 Å². The highest BCUT2D eigenvalue weighted by atomic mass is 15.0. The molecule has 55 heavy (non-hydrogen) atoms. The minimum atomic E-state index is 0.205. The van der Waals surface area contributed by atoms with Gasteiger partial charge < -0.3 is 0 Å². The Kier molecular flexibility index (Phi) is 8.11. The zero-order valence-corrected chi connectivity index (χ0v) is 32.3. The smallest absolute Gasteiger partial charge is 0.164 e. The maximum atomic E-state index is 9.43. The summed E-state index contributed by atoms with van der Waals surface area (Å²) in [7, 11) is 0. The van der Waals surface area contributed by atoms with E-state index in [1.807, 2.05) is 24.3 Å². The molecule has 1 heterocycles. The highest BCUT2D eigenvalue weighted by molar-refractivity contribution is 5.74. The van der Waals surface area contributed by atoms with Crippen LogP contribution in [0.25, 0.3) is 45.3 Å². The van der Waals surface area contributed by atoms with Crippen molar-refractivity contribution in [1.29, 1.82) is 10.5 Å². The van der Waals surface area contributed by atoms with Gasteiger partial charge in [-0.15, -0.1) is 0 Å². The lowest BCUT2D eigenvalue weighted by atomic mass is 9.39. The van der Waals surface area contributed by atoms with Gasteiger partial charge in [-0.25, -0.2) is 15.0 Å². The zero-order valence-electron chi connectivity index (χ0n) is 32.3. The van der Waals surface area contributed by atoms with Gasteiger partial charge in [0.05, 0.1) is 23.3 Å². The van der Waals surface area contributed by atoms with Crippen LogP contribution in [0, 0.1) is 64.1 Å². The van der Waals surface area contributed by atoms with Crippen molar-refractivity contribution < 1.29 is 0 Å². The molecule has 1 aromatic heterocycles. The molecule has 0 aliphatic heterocycles. The number of rotatable bonds is 6. The molecule has 0 radical (unpaired) electrons. The summed E-state index contributed by atoms with van der Waals surface area (Å²) in [4.78, 5) is 15.0. The van der Waals surface area contributed by atoms with Crippen molar-refractivity contribution in [3.63, 3.8) is 0 Å². The summed E-state index contributed by atoms with van der Waals surface area (Å²) in [5, 5.41) is 18.9. The maximum Gasteiger partial charge on any atom is 0.164 e. The van der Waals surface area contributed by atoms with E-state index in [0.717, 1.165) is 58.1 Å². The van der Waals surface area contributed by atoms with E-state index >= 15 is 0 Å². The highest BCUT2D eigenvalue weighted by Crippen LogP contribution is 2.67. The summed E-state index contributed by atoms with van der Waals surface area (Å²) in [6, 6.07) is 35.8. The second-order valence-corrected chi connectivity index (χ2v) is 18.8. The third-order valence-electron chi connectivity index (χ3n) is 14.8. The van der Waals surface area contributed by atoms with E-state index in [9.17, 15) is 10.5 Å². The van der Waals surface area contributed by atoms with Crippen molar-refractivity contribution in [2.24, 2.45) is 41.4 Å². The molecule has 5 aliphatic rings. The molecule has 5 heteroatoms. The van der Waals surface area contributed by atoms with Gasteiger partial charge in [-0.05, 0) is 187 Å². The lowest BCUT2D eigenvalue weighted by molar-refractivity contribution is -0.141. The maximum absolute atomic E-state index is 9.43. The summed E-state index contributed by atoms with van der Waals surface area (Å²) in [6.07, 6.45) is 12.2. The van der Waals surface area contributed by atoms with E-state index in [4.69, 9.17) is 15.0 Å². The predicted octanol–water partition coefficient (Wildman–Crippen LogP) is 11.7. The molecular formula is C50H49N5. The molecule has 9 atom stereocenters. The normalized spacial score (nSPS) is 31.5. The van der Waals surface area contributed by atoms with Crippen LogP contribution in [0.3, 0.4) is 0 Å². The van der Waals surface area contributed by atoms with Gasteiger partial charge in [0.1, 0.15) is 0 Å². The van der Waals surface area contributed by atoms with E-state index in [2.05, 4.69) is 75.4 Å². The quantitative estimate of drug-likeness (QED) is 0.174. The summed E-state index contributed by atoms with van der Waals surface area (Å²) in [5.74, 6) is 7.89. The van der Waals surface area contributed by atoms with E-state index in [-0.39, 0.29) is 10.8 Å². The number of hydrogen-bond donors (Lipinski definition) is 0. The van der Waals surface area contributed by atoms with Gasteiger partial charge in [-0.1, -0.05) is 57.2 Å². The standard InChI is InChI=1S/C50H49N5/c1-30-15-34-16-31(2)24-50(23-30,25-34)44-21-39(20-43(22-44)49(3)26-41-18-40-19-42(27-49)45(40)41)37-5-4-6-38(17-37)48-54-46(35-11-7-32(28-51)8-12-35)53-47(55-48)36-13-9-33(29-52)10-14-36/h4-14,17,20-22,30-31,34,40-42,45H,15-16,18-19,23-27H2,1-3H3/t30-,31+,34-,40?,41-,42+,45-,49?,50?. The molecule has 3 unspecified atom stereocenters. The molecule has 5 nitrogen and oxygen atoms in total. The van der Waals surface area contributed by atoms with Crippen LogP contribution in [-0.4, -0.2) is 15.0 Å². The first-order valence-electron chi connectivity index (χ1n) is 20.7. The summed E-state index contributed by atoms with van der Waals surface area (Å²) < 4.78 is 0. The summed E-state index contributed by atoms with van der Waals surface area (Å²) in [5.41, 5.74) is 9.87. The Morgan fingerprint density at radius 1 is 0.527 bits per heavy atom. The van der Waals surface area contributed by atoms with E-state index in [1.54, 1.807) is 35.4 Å². The van der Waals surface area contributed by atoms with Gasteiger partial charge in [0.2, 0.25) is 0 Å². The molecule has 5 aliphatic carbocycles. The van der Waals surface area contributed by atoms with Crippen LogP contribution >= 0.6 is 0 Å². The molecule has 5 aromatic rings. The third-order valence-corrected chi connectivity index (χ3v) is 14.8. The van der Waals surface area contributed by atoms with Crippen molar-refractivity contribution in [1.82, 2.24) is 15.0 Å². The molecule has 5 fully saturated rings. The topological polar surface area (TPSA) is 86.2 Å². The van der Waals surface area contributed by atoms with Crippen LogP contribution in [0.1, 0.15) is 101 Å². The van der Waals surface area contributed by atoms with Gasteiger partial charge in [0.25, 0.3) is 0 Å². The second kappa shape index (κ2) is 13.0. The summed E-state index contributed by atoms with van der Waals surface area (Å²) in [6.45, 7) is 7.61. The van der Waals surface area contributed by atoms with Crippen LogP contribution in [0.4, 0.5) is 0 Å². The van der Waals surface area contributed by atoms with E-state index in [1.165, 1.54) is 68.9 Å². The molecule has 0 N–H and O–H groups in total. The Morgan fingerprint density at radius 2 is 1.05 bits per heavy atom. The molecule has 274 valence electrons. The zero-order chi connectivity index (χ0) is 37.5. The first-order chi connectivity index (χ1) is 26.7. The van der Waals surface area contributed by atoms with Gasteiger partial charge in [0, 0.05) is 16.7 Å². The van der Waals surface area contributed by atoms with Crippen LogP contribution in [0.15, 0.2) is 91.0 Å². The third kappa shape index (κ3) is 5.99. The fraction of sp³-hybridized carbons (Fsp3) is 0.420. The molecule has 0 saturated heterocycles. The van der Waals surface area contributed by atoms with E-state index < -0.39 is 0 Å². The van der Waals surface area contributed by atoms with Gasteiger partial charge in [0.15, 0.2) is 17.5 Å². The molecule has 2 bridgehead atoms. The Balaban J connectivity index is 1.09. The fourth-order valence-corrected chi connectivity index (χ4v) is 12.7. The minimum Gasteiger partial charge on any atom is -0.208 e. The molecule has 0 amide bonds. The van der Waals surface area contributed by atoms with Crippen LogP contribution in [0.2, 0.25) is 0 Å². The lowest BCUT2D eigenvalue weighted by Gasteiger charge is -2.65. The first kappa shape index (κ1) is 34.4. The van der Waals surface area contributed by atoms with Crippen molar-refractivity contribution in [3.8, 4) is 57.4 Å². The largest absolute Gasteiger partial charge is 0.208 e. The number of aromatic nitrogens is 3. The summed E-state index contributed by atoms with van der Waals surface area (Å²) >= 11 is 0. The Labute approximate surface area is 325 Å². The SMILES string of the molecule is C[C@@H]1C[C@@H]2C[C@H](C)CC(c3cc(-c4cccc(-c5nc(-c6ccc(C#N)cc6)nc(-c6ccc(C#N)cc6)n5)c4)cc(C4(C)C[C@H]5CC6C[C@@H](C4)[C@H]65)c3)(C1)C2. The number of nitriles is 2. The molecule has 0 spiro atoms. The van der Waals surface area contributed by atoms with Crippen LogP contribution < -0.4 is 0 Å². The highest BCUT2D eigenvalue weighted by Gasteiger charge is 2.59. The van der Waals surface area contributed by atoms with E-state index in [0.29, 0.717) is 28.6 Å². The lowest BCUT2D eigenvalue weighted by Crippen LogP contribution is -2.58. The van der Waals surface area contributed by atoms with Crippen LogP contribution in [-0.2, 0) is 10.8 Å². The number of hydrogen-bond acceptors (Lipinski definition) is 5. The average Bonchev–Trinajstić information content (AvgIpc) is 3.18. The number of nitrogens with zero attached hydrogens (tertiary/aromatic N) is 5. The number of benzene rings is 4. The van der Waals surface area contributed by atoms with Gasteiger partial charge in [-0.3, -0.25) is 0 Å². The molecule has 5 saturated carbocycles.